The van der Waals surface area contributed by atoms with Crippen molar-refractivity contribution in [2.45, 2.75) is 45.3 Å². The molecule has 0 N–H and O–H groups in total. The Bertz CT molecular complexity index is 996. The average molecular weight is 407 g/mol. The Morgan fingerprint density at radius 2 is 1.80 bits per heavy atom. The molecule has 0 saturated carbocycles. The fraction of sp³-hybridized carbons (Fsp3) is 0.429. The monoisotopic (exact) mass is 407 g/mol. The number of ether oxygens (including phenoxy) is 1. The van der Waals surface area contributed by atoms with Crippen LogP contribution >= 0.6 is 0 Å². The predicted molar refractivity (Wildman–Crippen MR) is 110 cm³/mol. The summed E-state index contributed by atoms with van der Waals surface area (Å²) in [6.45, 7) is 6.75. The maximum absolute atomic E-state index is 12.4. The topological polar surface area (TPSA) is 98.9 Å². The SMILES string of the molecule is CC(C)(C)OC(=O)N1CCCC(n2nnc(-c3cnc(-c4ccccc4)nc3)n2)C1. The zero-order valence-electron chi connectivity index (χ0n) is 17.4. The van der Waals surface area contributed by atoms with Crippen molar-refractivity contribution >= 4 is 6.09 Å². The molecule has 4 rings (SSSR count). The van der Waals surface area contributed by atoms with E-state index in [1.165, 1.54) is 0 Å². The number of piperidine rings is 1. The van der Waals surface area contributed by atoms with Gasteiger partial charge in [0.25, 0.3) is 0 Å². The van der Waals surface area contributed by atoms with Crippen LogP contribution in [0, 0.1) is 0 Å². The van der Waals surface area contributed by atoms with E-state index in [0.29, 0.717) is 30.3 Å². The van der Waals surface area contributed by atoms with Crippen molar-refractivity contribution in [1.29, 1.82) is 0 Å². The van der Waals surface area contributed by atoms with Gasteiger partial charge in [-0.1, -0.05) is 30.3 Å². The summed E-state index contributed by atoms with van der Waals surface area (Å²) < 4.78 is 5.49. The average Bonchev–Trinajstić information content (AvgIpc) is 3.24. The van der Waals surface area contributed by atoms with Crippen molar-refractivity contribution in [1.82, 2.24) is 35.1 Å². The summed E-state index contributed by atoms with van der Waals surface area (Å²) in [5, 5.41) is 12.9. The summed E-state index contributed by atoms with van der Waals surface area (Å²) in [6, 6.07) is 9.73. The minimum Gasteiger partial charge on any atom is -0.444 e. The highest BCUT2D eigenvalue weighted by atomic mass is 16.6. The van der Waals surface area contributed by atoms with Gasteiger partial charge in [-0.05, 0) is 38.8 Å². The van der Waals surface area contributed by atoms with Crippen LogP contribution < -0.4 is 0 Å². The Morgan fingerprint density at radius 3 is 2.50 bits per heavy atom. The minimum atomic E-state index is -0.519. The summed E-state index contributed by atoms with van der Waals surface area (Å²) in [4.78, 5) is 24.5. The van der Waals surface area contributed by atoms with E-state index in [4.69, 9.17) is 4.74 Å². The number of hydrogen-bond donors (Lipinski definition) is 0. The molecule has 1 saturated heterocycles. The molecule has 156 valence electrons. The fourth-order valence-corrected chi connectivity index (χ4v) is 3.31. The molecule has 1 atom stereocenters. The summed E-state index contributed by atoms with van der Waals surface area (Å²) in [7, 11) is 0. The molecule has 1 aromatic carbocycles. The molecule has 1 amide bonds. The second-order valence-corrected chi connectivity index (χ2v) is 8.32. The molecule has 30 heavy (non-hydrogen) atoms. The molecule has 9 heteroatoms. The Kier molecular flexibility index (Phi) is 5.43. The number of carbonyl (C=O) groups is 1. The Balaban J connectivity index is 1.45. The molecule has 2 aromatic heterocycles. The third-order valence-corrected chi connectivity index (χ3v) is 4.75. The van der Waals surface area contributed by atoms with E-state index in [0.717, 1.165) is 18.4 Å². The normalized spacial score (nSPS) is 17.0. The Morgan fingerprint density at radius 1 is 1.07 bits per heavy atom. The largest absolute Gasteiger partial charge is 0.444 e. The molecule has 0 bridgehead atoms. The Labute approximate surface area is 175 Å². The van der Waals surface area contributed by atoms with Crippen LogP contribution in [-0.4, -0.2) is 59.9 Å². The van der Waals surface area contributed by atoms with Crippen LogP contribution in [0.2, 0.25) is 0 Å². The first-order valence-corrected chi connectivity index (χ1v) is 10.0. The van der Waals surface area contributed by atoms with E-state index in [1.54, 1.807) is 22.1 Å². The van der Waals surface area contributed by atoms with Crippen molar-refractivity contribution in [3.63, 3.8) is 0 Å². The smallest absolute Gasteiger partial charge is 0.410 e. The lowest BCUT2D eigenvalue weighted by atomic mass is 10.1. The van der Waals surface area contributed by atoms with Gasteiger partial charge in [-0.3, -0.25) is 0 Å². The van der Waals surface area contributed by atoms with E-state index in [-0.39, 0.29) is 12.1 Å². The third-order valence-electron chi connectivity index (χ3n) is 4.75. The van der Waals surface area contributed by atoms with E-state index < -0.39 is 5.60 Å². The van der Waals surface area contributed by atoms with Crippen LogP contribution in [0.25, 0.3) is 22.8 Å². The molecule has 1 aliphatic rings. The summed E-state index contributed by atoms with van der Waals surface area (Å²) in [6.07, 6.45) is 4.82. The lowest BCUT2D eigenvalue weighted by Crippen LogP contribution is -2.43. The second kappa shape index (κ2) is 8.17. The highest BCUT2D eigenvalue weighted by Gasteiger charge is 2.29. The zero-order chi connectivity index (χ0) is 21.1. The maximum Gasteiger partial charge on any atom is 0.410 e. The van der Waals surface area contributed by atoms with Gasteiger partial charge < -0.3 is 9.64 Å². The lowest BCUT2D eigenvalue weighted by molar-refractivity contribution is 0.0160. The fourth-order valence-electron chi connectivity index (χ4n) is 3.31. The van der Waals surface area contributed by atoms with Crippen LogP contribution in [0.4, 0.5) is 4.79 Å². The molecule has 3 aromatic rings. The first-order chi connectivity index (χ1) is 14.4. The summed E-state index contributed by atoms with van der Waals surface area (Å²) in [5.74, 6) is 1.11. The highest BCUT2D eigenvalue weighted by molar-refractivity contribution is 5.68. The van der Waals surface area contributed by atoms with Crippen LogP contribution in [0.3, 0.4) is 0 Å². The quantitative estimate of drug-likeness (QED) is 0.656. The summed E-state index contributed by atoms with van der Waals surface area (Å²) >= 11 is 0. The number of aromatic nitrogens is 6. The van der Waals surface area contributed by atoms with Gasteiger partial charge in [0, 0.05) is 31.0 Å². The van der Waals surface area contributed by atoms with Crippen molar-refractivity contribution in [2.75, 3.05) is 13.1 Å². The number of rotatable bonds is 3. The van der Waals surface area contributed by atoms with Crippen molar-refractivity contribution in [3.05, 3.63) is 42.7 Å². The molecule has 1 fully saturated rings. The van der Waals surface area contributed by atoms with E-state index in [9.17, 15) is 4.79 Å². The number of carbonyl (C=O) groups excluding carboxylic acids is 1. The summed E-state index contributed by atoms with van der Waals surface area (Å²) in [5.41, 5.74) is 1.13. The van der Waals surface area contributed by atoms with Crippen LogP contribution in [-0.2, 0) is 4.74 Å². The number of amides is 1. The van der Waals surface area contributed by atoms with Crippen LogP contribution in [0.15, 0.2) is 42.7 Å². The van der Waals surface area contributed by atoms with Gasteiger partial charge in [0.1, 0.15) is 5.60 Å². The van der Waals surface area contributed by atoms with Gasteiger partial charge >= 0.3 is 6.09 Å². The van der Waals surface area contributed by atoms with Gasteiger partial charge in [-0.25, -0.2) is 14.8 Å². The first-order valence-electron chi connectivity index (χ1n) is 10.0. The molecule has 1 aliphatic heterocycles. The molecular weight excluding hydrogens is 382 g/mol. The van der Waals surface area contributed by atoms with Gasteiger partial charge in [-0.15, -0.1) is 10.2 Å². The number of benzene rings is 1. The van der Waals surface area contributed by atoms with E-state index in [1.807, 2.05) is 51.1 Å². The number of tetrazole rings is 1. The van der Waals surface area contributed by atoms with Gasteiger partial charge in [-0.2, -0.15) is 4.80 Å². The lowest BCUT2D eigenvalue weighted by Gasteiger charge is -2.33. The van der Waals surface area contributed by atoms with Crippen molar-refractivity contribution in [2.24, 2.45) is 0 Å². The standard InChI is InChI=1S/C21H25N7O2/c1-21(2,3)30-20(29)27-11-7-10-17(14-27)28-25-19(24-26-28)16-12-22-18(23-13-16)15-8-5-4-6-9-15/h4-6,8-9,12-13,17H,7,10-11,14H2,1-3H3. The number of nitrogens with zero attached hydrogens (tertiary/aromatic N) is 7. The molecule has 0 spiro atoms. The molecule has 3 heterocycles. The van der Waals surface area contributed by atoms with Gasteiger partial charge in [0.15, 0.2) is 5.82 Å². The van der Waals surface area contributed by atoms with E-state index >= 15 is 0 Å². The van der Waals surface area contributed by atoms with E-state index in [2.05, 4.69) is 25.4 Å². The van der Waals surface area contributed by atoms with Gasteiger partial charge in [0.05, 0.1) is 11.6 Å². The number of likely N-dealkylation sites (tertiary alicyclic amines) is 1. The molecule has 9 nitrogen and oxygen atoms in total. The number of hydrogen-bond acceptors (Lipinski definition) is 7. The zero-order valence-corrected chi connectivity index (χ0v) is 17.4. The molecule has 0 radical (unpaired) electrons. The molecular formula is C21H25N7O2. The van der Waals surface area contributed by atoms with Gasteiger partial charge in [0.2, 0.25) is 5.82 Å². The van der Waals surface area contributed by atoms with Crippen LogP contribution in [0.1, 0.15) is 39.7 Å². The second-order valence-electron chi connectivity index (χ2n) is 8.32. The highest BCUT2D eigenvalue weighted by Crippen LogP contribution is 2.23. The third kappa shape index (κ3) is 4.61. The molecule has 1 unspecified atom stereocenters. The van der Waals surface area contributed by atoms with Crippen LogP contribution in [0.5, 0.6) is 0 Å². The maximum atomic E-state index is 12.4. The molecule has 0 aliphatic carbocycles. The minimum absolute atomic E-state index is 0.0444. The van der Waals surface area contributed by atoms with Crippen molar-refractivity contribution in [3.8, 4) is 22.8 Å². The Hall–Kier alpha value is -3.36. The predicted octanol–water partition coefficient (Wildman–Crippen LogP) is 3.37. The van der Waals surface area contributed by atoms with Crippen molar-refractivity contribution < 1.29 is 9.53 Å². The first kappa shape index (κ1) is 19.9.